The van der Waals surface area contributed by atoms with Gasteiger partial charge in [-0.05, 0) is 30.7 Å². The summed E-state index contributed by atoms with van der Waals surface area (Å²) >= 11 is 0.915. The van der Waals surface area contributed by atoms with Crippen molar-refractivity contribution in [2.24, 2.45) is 0 Å². The fraction of sp³-hybridized carbons (Fsp3) is 0.583. The molecule has 0 bridgehead atoms. The number of sulfonamides is 1. The molecule has 1 rings (SSSR count). The molecule has 1 aromatic rings. The van der Waals surface area contributed by atoms with Gasteiger partial charge in [-0.2, -0.15) is 0 Å². The lowest BCUT2D eigenvalue weighted by atomic mass is 9.91. The number of carboxylic acid groups (broad SMARTS) is 1. The van der Waals surface area contributed by atoms with Crippen LogP contribution in [0, 0.1) is 0 Å². The van der Waals surface area contributed by atoms with Gasteiger partial charge < -0.3 is 5.11 Å². The maximum Gasteiger partial charge on any atom is 0.347 e. The third kappa shape index (κ3) is 3.34. The molecule has 0 amide bonds. The van der Waals surface area contributed by atoms with E-state index in [0.717, 1.165) is 11.3 Å². The minimum Gasteiger partial charge on any atom is -0.477 e. The van der Waals surface area contributed by atoms with Crippen LogP contribution in [0.15, 0.2) is 16.3 Å². The first-order chi connectivity index (χ1) is 8.82. The van der Waals surface area contributed by atoms with Crippen molar-refractivity contribution in [3.8, 4) is 0 Å². The first-order valence-corrected chi connectivity index (χ1v) is 8.53. The summed E-state index contributed by atoms with van der Waals surface area (Å²) < 4.78 is 27.4. The van der Waals surface area contributed by atoms with Crippen LogP contribution in [0.3, 0.4) is 0 Å². The van der Waals surface area contributed by atoms with Crippen LogP contribution in [0.1, 0.15) is 49.7 Å². The predicted octanol–water partition coefficient (Wildman–Crippen LogP) is 2.69. The number of nitrogens with one attached hydrogen (secondary N) is 1. The summed E-state index contributed by atoms with van der Waals surface area (Å²) in [6, 6.07) is 1.34. The molecule has 0 aliphatic carbocycles. The van der Waals surface area contributed by atoms with E-state index in [0.29, 0.717) is 19.3 Å². The van der Waals surface area contributed by atoms with Crippen molar-refractivity contribution in [3.63, 3.8) is 0 Å². The molecule has 0 saturated carbocycles. The van der Waals surface area contributed by atoms with Gasteiger partial charge in [0.25, 0.3) is 0 Å². The van der Waals surface area contributed by atoms with Gasteiger partial charge in [0, 0.05) is 5.54 Å². The minimum atomic E-state index is -3.81. The third-order valence-corrected chi connectivity index (χ3v) is 6.15. The van der Waals surface area contributed by atoms with Gasteiger partial charge >= 0.3 is 5.97 Å². The summed E-state index contributed by atoms with van der Waals surface area (Å²) in [5.74, 6) is -1.22. The second kappa shape index (κ2) is 6.02. The normalized spacial score (nSPS) is 12.6. The van der Waals surface area contributed by atoms with E-state index < -0.39 is 21.5 Å². The standard InChI is InChI=1S/C12H19NO4S2/c1-4-12(5-2,6-3)13-19(16,17)9-7-8-18-10(9)11(14)15/h7-8,13H,4-6H2,1-3H3,(H,14,15). The Morgan fingerprint density at radius 1 is 1.32 bits per heavy atom. The lowest BCUT2D eigenvalue weighted by Gasteiger charge is -2.31. The molecule has 7 heteroatoms. The summed E-state index contributed by atoms with van der Waals surface area (Å²) in [7, 11) is -3.81. The molecule has 1 heterocycles. The second-order valence-electron chi connectivity index (χ2n) is 4.37. The van der Waals surface area contributed by atoms with Gasteiger partial charge in [-0.3, -0.25) is 0 Å². The van der Waals surface area contributed by atoms with Crippen molar-refractivity contribution >= 4 is 27.3 Å². The van der Waals surface area contributed by atoms with E-state index in [9.17, 15) is 13.2 Å². The molecule has 108 valence electrons. The summed E-state index contributed by atoms with van der Waals surface area (Å²) in [5, 5.41) is 10.5. The topological polar surface area (TPSA) is 83.5 Å². The van der Waals surface area contributed by atoms with E-state index in [4.69, 9.17) is 5.11 Å². The number of hydrogen-bond donors (Lipinski definition) is 2. The molecule has 1 aromatic heterocycles. The molecule has 0 unspecified atom stereocenters. The molecule has 0 aliphatic rings. The minimum absolute atomic E-state index is 0.148. The molecular weight excluding hydrogens is 286 g/mol. The smallest absolute Gasteiger partial charge is 0.347 e. The molecule has 19 heavy (non-hydrogen) atoms. The second-order valence-corrected chi connectivity index (χ2v) is 6.93. The molecule has 5 nitrogen and oxygen atoms in total. The Morgan fingerprint density at radius 2 is 1.84 bits per heavy atom. The van der Waals surface area contributed by atoms with Gasteiger partial charge in [0.05, 0.1) is 0 Å². The van der Waals surface area contributed by atoms with Crippen molar-refractivity contribution in [1.82, 2.24) is 4.72 Å². The van der Waals surface area contributed by atoms with E-state index in [-0.39, 0.29) is 9.77 Å². The summed E-state index contributed by atoms with van der Waals surface area (Å²) in [6.07, 6.45) is 1.98. The first-order valence-electron chi connectivity index (χ1n) is 6.16. The van der Waals surface area contributed by atoms with Crippen LogP contribution in [-0.4, -0.2) is 25.0 Å². The largest absolute Gasteiger partial charge is 0.477 e. The molecule has 0 radical (unpaired) electrons. The zero-order valence-electron chi connectivity index (χ0n) is 11.3. The van der Waals surface area contributed by atoms with Gasteiger partial charge in [0.2, 0.25) is 10.0 Å². The molecule has 0 fully saturated rings. The molecule has 0 atom stereocenters. The van der Waals surface area contributed by atoms with Crippen LogP contribution in [0.25, 0.3) is 0 Å². The summed E-state index contributed by atoms with van der Waals surface area (Å²) in [4.78, 5) is 10.7. The van der Waals surface area contributed by atoms with Crippen molar-refractivity contribution in [2.45, 2.75) is 50.5 Å². The quantitative estimate of drug-likeness (QED) is 0.811. The Bertz CT molecular complexity index is 536. The fourth-order valence-electron chi connectivity index (χ4n) is 1.97. The van der Waals surface area contributed by atoms with Crippen molar-refractivity contribution in [1.29, 1.82) is 0 Å². The van der Waals surface area contributed by atoms with Crippen molar-refractivity contribution < 1.29 is 18.3 Å². The molecule has 0 aliphatic heterocycles. The number of carboxylic acids is 1. The maximum atomic E-state index is 12.3. The van der Waals surface area contributed by atoms with Gasteiger partial charge in [-0.25, -0.2) is 17.9 Å². The zero-order valence-corrected chi connectivity index (χ0v) is 12.9. The summed E-state index contributed by atoms with van der Waals surface area (Å²) in [5.41, 5.74) is -0.517. The molecule has 2 N–H and O–H groups in total. The van der Waals surface area contributed by atoms with Gasteiger partial charge in [-0.1, -0.05) is 20.8 Å². The Kier molecular flexibility index (Phi) is 5.11. The Labute approximate surface area is 117 Å². The van der Waals surface area contributed by atoms with Crippen LogP contribution in [0.4, 0.5) is 0 Å². The molecule has 0 spiro atoms. The Morgan fingerprint density at radius 3 is 2.26 bits per heavy atom. The van der Waals surface area contributed by atoms with Crippen LogP contribution in [-0.2, 0) is 10.0 Å². The van der Waals surface area contributed by atoms with Crippen molar-refractivity contribution in [3.05, 3.63) is 16.3 Å². The summed E-state index contributed by atoms with van der Waals surface area (Å²) in [6.45, 7) is 5.75. The average Bonchev–Trinajstić information content (AvgIpc) is 2.86. The third-order valence-electron chi connectivity index (χ3n) is 3.49. The average molecular weight is 305 g/mol. The highest BCUT2D eigenvalue weighted by atomic mass is 32.2. The van der Waals surface area contributed by atoms with Gasteiger partial charge in [-0.15, -0.1) is 11.3 Å². The first kappa shape index (κ1) is 16.1. The lowest BCUT2D eigenvalue weighted by molar-refractivity contribution is 0.0698. The maximum absolute atomic E-state index is 12.3. The Balaban J connectivity index is 3.18. The van der Waals surface area contributed by atoms with E-state index in [2.05, 4.69) is 4.72 Å². The van der Waals surface area contributed by atoms with Crippen LogP contribution < -0.4 is 4.72 Å². The monoisotopic (exact) mass is 305 g/mol. The van der Waals surface area contributed by atoms with Gasteiger partial charge in [0.1, 0.15) is 9.77 Å². The highest BCUT2D eigenvalue weighted by molar-refractivity contribution is 7.89. The van der Waals surface area contributed by atoms with Crippen LogP contribution in [0.2, 0.25) is 0 Å². The highest BCUT2D eigenvalue weighted by Gasteiger charge is 2.33. The van der Waals surface area contributed by atoms with E-state index in [1.807, 2.05) is 20.8 Å². The van der Waals surface area contributed by atoms with E-state index in [1.54, 1.807) is 0 Å². The van der Waals surface area contributed by atoms with Crippen LogP contribution in [0.5, 0.6) is 0 Å². The predicted molar refractivity (Wildman–Crippen MR) is 75.2 cm³/mol. The Hall–Kier alpha value is -0.920. The van der Waals surface area contributed by atoms with E-state index >= 15 is 0 Å². The zero-order chi connectivity index (χ0) is 14.7. The van der Waals surface area contributed by atoms with E-state index in [1.165, 1.54) is 11.4 Å². The number of aromatic carboxylic acids is 1. The number of carbonyl (C=O) groups is 1. The molecule has 0 saturated heterocycles. The lowest BCUT2D eigenvalue weighted by Crippen LogP contribution is -2.47. The van der Waals surface area contributed by atoms with Gasteiger partial charge in [0.15, 0.2) is 0 Å². The SMILES string of the molecule is CCC(CC)(CC)NS(=O)(=O)c1ccsc1C(=O)O. The highest BCUT2D eigenvalue weighted by Crippen LogP contribution is 2.26. The number of hydrogen-bond acceptors (Lipinski definition) is 4. The van der Waals surface area contributed by atoms with Crippen molar-refractivity contribution in [2.75, 3.05) is 0 Å². The molecule has 0 aromatic carbocycles. The fourth-order valence-corrected chi connectivity index (χ4v) is 4.85. The number of rotatable bonds is 7. The van der Waals surface area contributed by atoms with Crippen LogP contribution >= 0.6 is 11.3 Å². The molecular formula is C12H19NO4S2. The number of thiophene rings is 1.